The van der Waals surface area contributed by atoms with Crippen molar-refractivity contribution in [3.63, 3.8) is 0 Å². The summed E-state index contributed by atoms with van der Waals surface area (Å²) in [6.07, 6.45) is 6.02. The Morgan fingerprint density at radius 2 is 2.09 bits per heavy atom. The van der Waals surface area contributed by atoms with Crippen LogP contribution in [0.15, 0.2) is 11.5 Å². The summed E-state index contributed by atoms with van der Waals surface area (Å²) in [6.45, 7) is 4.24. The van der Waals surface area contributed by atoms with Crippen molar-refractivity contribution in [2.24, 2.45) is 0 Å². The first-order valence-electron chi connectivity index (χ1n) is 3.69. The average molecular weight is 173 g/mol. The van der Waals surface area contributed by atoms with Crippen molar-refractivity contribution < 1.29 is 0 Å². The van der Waals surface area contributed by atoms with Gasteiger partial charge in [-0.1, -0.05) is 0 Å². The van der Waals surface area contributed by atoms with Gasteiger partial charge < -0.3 is 0 Å². The molecule has 0 fully saturated rings. The van der Waals surface area contributed by atoms with Crippen LogP contribution in [-0.2, 0) is 0 Å². The molecule has 0 aliphatic rings. The van der Waals surface area contributed by atoms with Crippen molar-refractivity contribution in [2.45, 2.75) is 25.0 Å². The zero-order chi connectivity index (χ0) is 8.43. The molecule has 0 saturated heterocycles. The number of aromatic nitrogens is 3. The maximum Gasteiger partial charge on any atom is 0.165 e. The first-order valence-corrected chi connectivity index (χ1v) is 5.93. The summed E-state index contributed by atoms with van der Waals surface area (Å²) in [7, 11) is -0.122. The Bertz CT molecular complexity index is 207. The highest BCUT2D eigenvalue weighted by Gasteiger charge is 2.07. The normalized spacial score (nSPS) is 12.3. The highest BCUT2D eigenvalue weighted by Crippen LogP contribution is 2.26. The van der Waals surface area contributed by atoms with Crippen LogP contribution in [0.5, 0.6) is 0 Å². The average Bonchev–Trinajstić information content (AvgIpc) is 2.32. The monoisotopic (exact) mass is 173 g/mol. The molecule has 0 aliphatic carbocycles. The summed E-state index contributed by atoms with van der Waals surface area (Å²) >= 11 is 0. The lowest BCUT2D eigenvalue weighted by atomic mass is 10.4. The van der Waals surface area contributed by atoms with Gasteiger partial charge in [0.25, 0.3) is 0 Å². The highest BCUT2D eigenvalue weighted by molar-refractivity contribution is 8.15. The largest absolute Gasteiger partial charge is 0.240 e. The van der Waals surface area contributed by atoms with Crippen LogP contribution >= 0.6 is 10.9 Å². The van der Waals surface area contributed by atoms with E-state index >= 15 is 0 Å². The molecular formula is C7H15N3S. The summed E-state index contributed by atoms with van der Waals surface area (Å²) in [5.74, 6) is 0. The van der Waals surface area contributed by atoms with Crippen molar-refractivity contribution in [3.05, 3.63) is 6.33 Å². The van der Waals surface area contributed by atoms with Crippen molar-refractivity contribution in [2.75, 3.05) is 12.5 Å². The minimum atomic E-state index is -0.122. The molecule has 64 valence electrons. The van der Waals surface area contributed by atoms with Gasteiger partial charge >= 0.3 is 0 Å². The van der Waals surface area contributed by atoms with Crippen LogP contribution in [0.3, 0.4) is 0 Å². The molecule has 0 unspecified atom stereocenters. The summed E-state index contributed by atoms with van der Waals surface area (Å²) in [5, 5.41) is 5.29. The third kappa shape index (κ3) is 1.74. The molecule has 0 N–H and O–H groups in total. The highest BCUT2D eigenvalue weighted by atomic mass is 32.2. The second-order valence-electron chi connectivity index (χ2n) is 2.99. The van der Waals surface area contributed by atoms with Crippen molar-refractivity contribution in [1.29, 1.82) is 0 Å². The minimum absolute atomic E-state index is 0.122. The van der Waals surface area contributed by atoms with E-state index in [0.29, 0.717) is 6.04 Å². The Morgan fingerprint density at radius 1 is 1.45 bits per heavy atom. The molecule has 0 aromatic carbocycles. The number of nitrogens with zero attached hydrogens (tertiary/aromatic N) is 3. The SMILES string of the molecule is CC(C)n1ncnc1[SH](C)C. The maximum atomic E-state index is 4.22. The number of hydrogen-bond donors (Lipinski definition) is 1. The van der Waals surface area contributed by atoms with E-state index < -0.39 is 0 Å². The Kier molecular flexibility index (Phi) is 2.54. The molecule has 0 bridgehead atoms. The topological polar surface area (TPSA) is 30.7 Å². The van der Waals surface area contributed by atoms with Gasteiger partial charge in [0.1, 0.15) is 6.33 Å². The van der Waals surface area contributed by atoms with E-state index in [-0.39, 0.29) is 10.9 Å². The zero-order valence-electron chi connectivity index (χ0n) is 7.44. The van der Waals surface area contributed by atoms with E-state index in [9.17, 15) is 0 Å². The second kappa shape index (κ2) is 3.26. The van der Waals surface area contributed by atoms with Gasteiger partial charge in [-0.15, -0.1) is 0 Å². The molecular weight excluding hydrogens is 158 g/mol. The van der Waals surface area contributed by atoms with Gasteiger partial charge in [-0.3, -0.25) is 0 Å². The van der Waals surface area contributed by atoms with Crippen LogP contribution in [-0.4, -0.2) is 27.3 Å². The summed E-state index contributed by atoms with van der Waals surface area (Å²) in [5.41, 5.74) is 0. The van der Waals surface area contributed by atoms with Gasteiger partial charge in [-0.05, 0) is 26.4 Å². The fourth-order valence-corrected chi connectivity index (χ4v) is 1.90. The van der Waals surface area contributed by atoms with E-state index in [1.807, 2.05) is 4.68 Å². The molecule has 4 heteroatoms. The minimum Gasteiger partial charge on any atom is -0.240 e. The third-order valence-corrected chi connectivity index (χ3v) is 2.56. The summed E-state index contributed by atoms with van der Waals surface area (Å²) in [6, 6.07) is 0.428. The predicted octanol–water partition coefficient (Wildman–Crippen LogP) is 1.48. The fourth-order valence-electron chi connectivity index (χ4n) is 0.929. The van der Waals surface area contributed by atoms with Crippen LogP contribution < -0.4 is 0 Å². The molecule has 1 rings (SSSR count). The first-order chi connectivity index (χ1) is 5.13. The van der Waals surface area contributed by atoms with E-state index in [2.05, 4.69) is 36.4 Å². The Labute approximate surface area is 70.2 Å². The molecule has 0 amide bonds. The zero-order valence-corrected chi connectivity index (χ0v) is 8.34. The second-order valence-corrected chi connectivity index (χ2v) is 5.18. The van der Waals surface area contributed by atoms with Crippen molar-refractivity contribution in [1.82, 2.24) is 14.8 Å². The van der Waals surface area contributed by atoms with Crippen LogP contribution in [0, 0.1) is 0 Å². The van der Waals surface area contributed by atoms with Gasteiger partial charge in [-0.25, -0.2) is 9.67 Å². The lowest BCUT2D eigenvalue weighted by Gasteiger charge is -2.13. The molecule has 0 aliphatic heterocycles. The smallest absolute Gasteiger partial charge is 0.165 e. The van der Waals surface area contributed by atoms with Crippen molar-refractivity contribution >= 4 is 10.9 Å². The molecule has 1 aromatic rings. The number of hydrogen-bond acceptors (Lipinski definition) is 2. The summed E-state index contributed by atoms with van der Waals surface area (Å²) in [4.78, 5) is 4.22. The molecule has 3 nitrogen and oxygen atoms in total. The lowest BCUT2D eigenvalue weighted by Crippen LogP contribution is -2.05. The van der Waals surface area contributed by atoms with Crippen LogP contribution in [0.2, 0.25) is 0 Å². The van der Waals surface area contributed by atoms with Gasteiger partial charge in [-0.2, -0.15) is 16.0 Å². The van der Waals surface area contributed by atoms with Gasteiger partial charge in [0.15, 0.2) is 5.16 Å². The van der Waals surface area contributed by atoms with E-state index in [0.717, 1.165) is 5.16 Å². The Morgan fingerprint density at radius 3 is 2.45 bits per heavy atom. The Hall–Kier alpha value is -0.510. The van der Waals surface area contributed by atoms with Gasteiger partial charge in [0.2, 0.25) is 0 Å². The van der Waals surface area contributed by atoms with Crippen LogP contribution in [0.4, 0.5) is 0 Å². The van der Waals surface area contributed by atoms with Crippen LogP contribution in [0.25, 0.3) is 0 Å². The molecule has 1 heterocycles. The van der Waals surface area contributed by atoms with E-state index in [4.69, 9.17) is 0 Å². The number of rotatable bonds is 2. The maximum absolute atomic E-state index is 4.22. The number of thiol groups is 1. The molecule has 11 heavy (non-hydrogen) atoms. The van der Waals surface area contributed by atoms with E-state index in [1.165, 1.54) is 0 Å². The van der Waals surface area contributed by atoms with Crippen molar-refractivity contribution in [3.8, 4) is 0 Å². The van der Waals surface area contributed by atoms with Crippen LogP contribution in [0.1, 0.15) is 19.9 Å². The molecule has 0 atom stereocenters. The third-order valence-electron chi connectivity index (χ3n) is 1.44. The summed E-state index contributed by atoms with van der Waals surface area (Å²) < 4.78 is 1.99. The molecule has 0 saturated carbocycles. The first kappa shape index (κ1) is 8.59. The Balaban J connectivity index is 2.96. The molecule has 0 spiro atoms. The predicted molar refractivity (Wildman–Crippen MR) is 49.5 cm³/mol. The van der Waals surface area contributed by atoms with Gasteiger partial charge in [0.05, 0.1) is 0 Å². The standard InChI is InChI=1S/C7H15N3S/c1-6(2)10-7(11(3)4)8-5-9-10/h5-6,11H,1-4H3. The lowest BCUT2D eigenvalue weighted by molar-refractivity contribution is 0.486. The van der Waals surface area contributed by atoms with E-state index in [1.54, 1.807) is 6.33 Å². The van der Waals surface area contributed by atoms with Gasteiger partial charge in [0, 0.05) is 6.04 Å². The quantitative estimate of drug-likeness (QED) is 0.687. The fraction of sp³-hybridized carbons (Fsp3) is 0.714. The molecule has 0 radical (unpaired) electrons. The molecule has 1 aromatic heterocycles.